The summed E-state index contributed by atoms with van der Waals surface area (Å²) < 4.78 is 9.36. The van der Waals surface area contributed by atoms with Gasteiger partial charge in [0.15, 0.2) is 0 Å². The number of aryl methyl sites for hydroxylation is 3. The molecule has 0 aliphatic heterocycles. The fourth-order valence-electron chi connectivity index (χ4n) is 2.67. The Morgan fingerprint density at radius 1 is 1.13 bits per heavy atom. The molecule has 1 aromatic rings. The van der Waals surface area contributed by atoms with Crippen LogP contribution < -0.4 is 28.5 Å². The van der Waals surface area contributed by atoms with Gasteiger partial charge in [0, 0.05) is 6.42 Å². The highest BCUT2D eigenvalue weighted by Crippen LogP contribution is 2.05. The van der Waals surface area contributed by atoms with Gasteiger partial charge in [-0.15, -0.1) is 0 Å². The molecule has 0 saturated heterocycles. The minimum absolute atomic E-state index is 0. The van der Waals surface area contributed by atoms with Gasteiger partial charge in [-0.05, 0) is 25.7 Å². The standard InChI is InChI=1S/C18H33N2O2.HI/c1-4-6-8-10-14-20-16-19(13-9-7-5-2)15-17(20)11-12-18(21)22-3;/h15-16H,4-14H2,1-3H3;1H/q+1;/p-1. The van der Waals surface area contributed by atoms with Crippen LogP contribution in [-0.2, 0) is 29.0 Å². The Kier molecular flexibility index (Phi) is 13.5. The highest BCUT2D eigenvalue weighted by atomic mass is 127. The molecular weight excluding hydrogens is 403 g/mol. The van der Waals surface area contributed by atoms with Crippen molar-refractivity contribution >= 4 is 5.97 Å². The van der Waals surface area contributed by atoms with Crippen LogP contribution in [0.15, 0.2) is 12.5 Å². The molecule has 5 heteroatoms. The van der Waals surface area contributed by atoms with Gasteiger partial charge in [-0.25, -0.2) is 9.13 Å². The van der Waals surface area contributed by atoms with Crippen molar-refractivity contribution in [2.24, 2.45) is 0 Å². The summed E-state index contributed by atoms with van der Waals surface area (Å²) in [5.41, 5.74) is 1.25. The van der Waals surface area contributed by atoms with E-state index in [4.69, 9.17) is 4.74 Å². The number of hydrogen-bond acceptors (Lipinski definition) is 2. The third kappa shape index (κ3) is 9.33. The zero-order chi connectivity index (χ0) is 16.2. The maximum absolute atomic E-state index is 11.4. The van der Waals surface area contributed by atoms with Crippen LogP contribution in [0.2, 0.25) is 0 Å². The Bertz CT molecular complexity index is 433. The molecule has 0 unspecified atom stereocenters. The Morgan fingerprint density at radius 3 is 2.48 bits per heavy atom. The first kappa shape index (κ1) is 22.4. The number of imidazole rings is 1. The molecule has 0 aliphatic carbocycles. The topological polar surface area (TPSA) is 35.1 Å². The van der Waals surface area contributed by atoms with Crippen LogP contribution in [-0.4, -0.2) is 17.6 Å². The largest absolute Gasteiger partial charge is 1.00 e. The predicted molar refractivity (Wildman–Crippen MR) is 88.6 cm³/mol. The van der Waals surface area contributed by atoms with Crippen LogP contribution >= 0.6 is 0 Å². The van der Waals surface area contributed by atoms with E-state index >= 15 is 0 Å². The zero-order valence-electron chi connectivity index (χ0n) is 15.0. The van der Waals surface area contributed by atoms with Crippen molar-refractivity contribution in [3.8, 4) is 0 Å². The Balaban J connectivity index is 0.00000484. The van der Waals surface area contributed by atoms with Crippen molar-refractivity contribution in [3.05, 3.63) is 18.2 Å². The highest BCUT2D eigenvalue weighted by Gasteiger charge is 2.14. The minimum atomic E-state index is -0.128. The number of nitrogens with zero attached hydrogens (tertiary/aromatic N) is 2. The number of carbonyl (C=O) groups excluding carboxylic acids is 1. The van der Waals surface area contributed by atoms with Crippen molar-refractivity contribution in [1.82, 2.24) is 4.57 Å². The molecule has 0 atom stereocenters. The summed E-state index contributed by atoms with van der Waals surface area (Å²) in [6.45, 7) is 6.59. The van der Waals surface area contributed by atoms with E-state index in [2.05, 4.69) is 35.5 Å². The van der Waals surface area contributed by atoms with E-state index in [0.717, 1.165) is 19.5 Å². The quantitative estimate of drug-likeness (QED) is 0.209. The van der Waals surface area contributed by atoms with Gasteiger partial charge in [-0.3, -0.25) is 4.79 Å². The van der Waals surface area contributed by atoms with Crippen molar-refractivity contribution in [1.29, 1.82) is 0 Å². The Hall–Kier alpha value is -0.590. The maximum Gasteiger partial charge on any atom is 0.305 e. The second-order valence-corrected chi connectivity index (χ2v) is 6.01. The van der Waals surface area contributed by atoms with Crippen LogP contribution in [0.4, 0.5) is 0 Å². The highest BCUT2D eigenvalue weighted by molar-refractivity contribution is 5.69. The maximum atomic E-state index is 11.4. The first-order valence-electron chi connectivity index (χ1n) is 8.86. The Morgan fingerprint density at radius 2 is 1.83 bits per heavy atom. The molecule has 4 nitrogen and oxygen atoms in total. The summed E-state index contributed by atoms with van der Waals surface area (Å²) in [5, 5.41) is 0. The lowest BCUT2D eigenvalue weighted by Crippen LogP contribution is -3.00. The van der Waals surface area contributed by atoms with Gasteiger partial charge >= 0.3 is 5.97 Å². The van der Waals surface area contributed by atoms with Crippen LogP contribution in [0.5, 0.6) is 0 Å². The number of rotatable bonds is 12. The predicted octanol–water partition coefficient (Wildman–Crippen LogP) is 0.656. The first-order chi connectivity index (χ1) is 10.7. The molecule has 1 rings (SSSR count). The lowest BCUT2D eigenvalue weighted by Gasteiger charge is -2.01. The van der Waals surface area contributed by atoms with Crippen molar-refractivity contribution in [3.63, 3.8) is 0 Å². The van der Waals surface area contributed by atoms with E-state index in [1.165, 1.54) is 57.7 Å². The van der Waals surface area contributed by atoms with Crippen molar-refractivity contribution in [2.45, 2.75) is 84.7 Å². The van der Waals surface area contributed by atoms with E-state index in [-0.39, 0.29) is 29.9 Å². The molecule has 23 heavy (non-hydrogen) atoms. The molecule has 0 bridgehead atoms. The number of unbranched alkanes of at least 4 members (excludes halogenated alkanes) is 5. The van der Waals surface area contributed by atoms with Crippen LogP contribution in [0.3, 0.4) is 0 Å². The lowest BCUT2D eigenvalue weighted by molar-refractivity contribution is -0.703. The molecular formula is C18H33IN2O2. The first-order valence-corrected chi connectivity index (χ1v) is 8.86. The Labute approximate surface area is 158 Å². The number of hydrogen-bond donors (Lipinski definition) is 0. The van der Waals surface area contributed by atoms with Gasteiger partial charge < -0.3 is 28.7 Å². The molecule has 0 amide bonds. The molecule has 1 heterocycles. The molecule has 0 aliphatic rings. The summed E-state index contributed by atoms with van der Waals surface area (Å²) in [6, 6.07) is 0. The number of esters is 1. The zero-order valence-corrected chi connectivity index (χ0v) is 17.2. The number of halogens is 1. The summed E-state index contributed by atoms with van der Waals surface area (Å²) in [6.07, 6.45) is 14.4. The summed E-state index contributed by atoms with van der Waals surface area (Å²) >= 11 is 0. The normalized spacial score (nSPS) is 10.4. The van der Waals surface area contributed by atoms with E-state index < -0.39 is 0 Å². The average Bonchev–Trinajstić information content (AvgIpc) is 2.91. The van der Waals surface area contributed by atoms with Crippen molar-refractivity contribution < 1.29 is 38.1 Å². The van der Waals surface area contributed by atoms with Gasteiger partial charge in [0.25, 0.3) is 0 Å². The van der Waals surface area contributed by atoms with E-state index in [1.807, 2.05) is 0 Å². The van der Waals surface area contributed by atoms with E-state index in [0.29, 0.717) is 6.42 Å². The van der Waals surface area contributed by atoms with Crippen LogP contribution in [0.25, 0.3) is 0 Å². The fraction of sp³-hybridized carbons (Fsp3) is 0.778. The molecule has 134 valence electrons. The monoisotopic (exact) mass is 436 g/mol. The van der Waals surface area contributed by atoms with Gasteiger partial charge in [-0.2, -0.15) is 0 Å². The smallest absolute Gasteiger partial charge is 0.305 e. The number of ether oxygens (including phenoxy) is 1. The second-order valence-electron chi connectivity index (χ2n) is 6.01. The number of carbonyl (C=O) groups is 1. The van der Waals surface area contributed by atoms with E-state index in [1.54, 1.807) is 0 Å². The van der Waals surface area contributed by atoms with Crippen LogP contribution in [0, 0.1) is 0 Å². The summed E-state index contributed by atoms with van der Waals surface area (Å²) in [4.78, 5) is 11.4. The van der Waals surface area contributed by atoms with Gasteiger partial charge in [0.2, 0.25) is 6.33 Å². The summed E-state index contributed by atoms with van der Waals surface area (Å²) in [7, 11) is 1.46. The molecule has 0 spiro atoms. The summed E-state index contributed by atoms with van der Waals surface area (Å²) in [5.74, 6) is -0.128. The van der Waals surface area contributed by atoms with E-state index in [9.17, 15) is 4.79 Å². The fourth-order valence-corrected chi connectivity index (χ4v) is 2.67. The number of aromatic nitrogens is 2. The van der Waals surface area contributed by atoms with Gasteiger partial charge in [0.05, 0.1) is 26.6 Å². The van der Waals surface area contributed by atoms with Crippen molar-refractivity contribution in [2.75, 3.05) is 7.11 Å². The lowest BCUT2D eigenvalue weighted by atomic mass is 10.2. The van der Waals surface area contributed by atoms with Gasteiger partial charge in [-0.1, -0.05) is 33.1 Å². The third-order valence-electron chi connectivity index (χ3n) is 4.06. The number of methoxy groups -OCH3 is 1. The van der Waals surface area contributed by atoms with Crippen LogP contribution in [0.1, 0.15) is 70.9 Å². The third-order valence-corrected chi connectivity index (χ3v) is 4.06. The molecule has 1 aromatic heterocycles. The van der Waals surface area contributed by atoms with Gasteiger partial charge in [0.1, 0.15) is 11.9 Å². The molecule has 0 N–H and O–H groups in total. The molecule has 0 saturated carbocycles. The molecule has 0 fully saturated rings. The second kappa shape index (κ2) is 13.8. The SMILES string of the molecule is CCCCCC[n+]1cn(CCCCC)cc1CCC(=O)OC.[I-]. The average molecular weight is 436 g/mol. The minimum Gasteiger partial charge on any atom is -1.00 e. The molecule has 0 radical (unpaired) electrons. The molecule has 0 aromatic carbocycles.